The summed E-state index contributed by atoms with van der Waals surface area (Å²) < 4.78 is 7.29. The molecule has 0 aliphatic carbocycles. The molecule has 2 rings (SSSR count). The molecule has 1 fully saturated rings. The molecule has 0 saturated carbocycles. The number of nitrogens with two attached hydrogens (primary N) is 1. The van der Waals surface area contributed by atoms with E-state index in [0.29, 0.717) is 5.95 Å². The number of aromatic nitrogens is 2. The average molecular weight is 153 g/mol. The van der Waals surface area contributed by atoms with Gasteiger partial charge in [-0.1, -0.05) is 0 Å². The molecule has 1 aromatic heterocycles. The van der Waals surface area contributed by atoms with Crippen molar-refractivity contribution in [2.24, 2.45) is 0 Å². The second-order valence-corrected chi connectivity index (χ2v) is 2.66. The van der Waals surface area contributed by atoms with E-state index in [0.717, 1.165) is 19.4 Å². The van der Waals surface area contributed by atoms with E-state index in [-0.39, 0.29) is 6.23 Å². The van der Waals surface area contributed by atoms with Crippen molar-refractivity contribution in [2.45, 2.75) is 19.1 Å². The van der Waals surface area contributed by atoms with Crippen LogP contribution in [0.1, 0.15) is 19.1 Å². The summed E-state index contributed by atoms with van der Waals surface area (Å²) in [5.41, 5.74) is 5.59. The van der Waals surface area contributed by atoms with Crippen molar-refractivity contribution in [3.05, 3.63) is 12.4 Å². The van der Waals surface area contributed by atoms with Crippen molar-refractivity contribution in [2.75, 3.05) is 12.3 Å². The lowest BCUT2D eigenvalue weighted by Crippen LogP contribution is -2.09. The van der Waals surface area contributed by atoms with Crippen molar-refractivity contribution in [3.8, 4) is 0 Å². The van der Waals surface area contributed by atoms with Crippen LogP contribution in [0, 0.1) is 0 Å². The summed E-state index contributed by atoms with van der Waals surface area (Å²) >= 11 is 0. The standard InChI is InChI=1S/C7H11N3O/c8-7-9-3-4-10(7)6-2-1-5-11-6/h3-4,6H,1-2,5H2,(H2,8,9). The fraction of sp³-hybridized carbons (Fsp3) is 0.571. The maximum atomic E-state index is 5.59. The molecule has 4 nitrogen and oxygen atoms in total. The van der Waals surface area contributed by atoms with Gasteiger partial charge in [0.2, 0.25) is 5.95 Å². The highest BCUT2D eigenvalue weighted by molar-refractivity contribution is 5.17. The number of rotatable bonds is 1. The van der Waals surface area contributed by atoms with Crippen LogP contribution in [0.2, 0.25) is 0 Å². The fourth-order valence-electron chi connectivity index (χ4n) is 1.35. The van der Waals surface area contributed by atoms with Crippen molar-refractivity contribution < 1.29 is 4.74 Å². The van der Waals surface area contributed by atoms with E-state index in [1.165, 1.54) is 0 Å². The van der Waals surface area contributed by atoms with Crippen molar-refractivity contribution in [3.63, 3.8) is 0 Å². The summed E-state index contributed by atoms with van der Waals surface area (Å²) in [6.07, 6.45) is 5.82. The molecule has 60 valence electrons. The normalized spacial score (nSPS) is 24.2. The number of hydrogen-bond acceptors (Lipinski definition) is 3. The molecule has 2 N–H and O–H groups in total. The van der Waals surface area contributed by atoms with Gasteiger partial charge in [-0.05, 0) is 12.8 Å². The molecular weight excluding hydrogens is 142 g/mol. The van der Waals surface area contributed by atoms with E-state index in [1.807, 2.05) is 10.8 Å². The van der Waals surface area contributed by atoms with Gasteiger partial charge in [-0.25, -0.2) is 4.98 Å². The van der Waals surface area contributed by atoms with Crippen LogP contribution in [0.5, 0.6) is 0 Å². The van der Waals surface area contributed by atoms with Crippen molar-refractivity contribution in [1.29, 1.82) is 0 Å². The molecule has 1 unspecified atom stereocenters. The van der Waals surface area contributed by atoms with Gasteiger partial charge in [0.1, 0.15) is 6.23 Å². The van der Waals surface area contributed by atoms with Gasteiger partial charge >= 0.3 is 0 Å². The van der Waals surface area contributed by atoms with Crippen molar-refractivity contribution in [1.82, 2.24) is 9.55 Å². The predicted octanol–water partition coefficient (Wildman–Crippen LogP) is 0.774. The van der Waals surface area contributed by atoms with E-state index in [2.05, 4.69) is 4.98 Å². The number of nitrogens with zero attached hydrogens (tertiary/aromatic N) is 2. The first kappa shape index (κ1) is 6.67. The summed E-state index contributed by atoms with van der Waals surface area (Å²) in [6, 6.07) is 0. The highest BCUT2D eigenvalue weighted by Gasteiger charge is 2.18. The van der Waals surface area contributed by atoms with Crippen LogP contribution in [0.15, 0.2) is 12.4 Å². The Bertz CT molecular complexity index is 240. The first-order chi connectivity index (χ1) is 5.38. The Hall–Kier alpha value is -1.03. The quantitative estimate of drug-likeness (QED) is 0.648. The highest BCUT2D eigenvalue weighted by Crippen LogP contribution is 2.24. The Morgan fingerprint density at radius 3 is 3.18 bits per heavy atom. The SMILES string of the molecule is Nc1nccn1C1CCCO1. The molecular formula is C7H11N3O. The van der Waals surface area contributed by atoms with E-state index in [9.17, 15) is 0 Å². The number of imidazole rings is 1. The summed E-state index contributed by atoms with van der Waals surface area (Å²) in [5, 5.41) is 0. The van der Waals surface area contributed by atoms with E-state index in [1.54, 1.807) is 6.20 Å². The maximum Gasteiger partial charge on any atom is 0.202 e. The van der Waals surface area contributed by atoms with Gasteiger partial charge in [0, 0.05) is 19.0 Å². The fourth-order valence-corrected chi connectivity index (χ4v) is 1.35. The minimum absolute atomic E-state index is 0.123. The number of hydrogen-bond donors (Lipinski definition) is 1. The molecule has 2 heterocycles. The summed E-state index contributed by atoms with van der Waals surface area (Å²) in [5.74, 6) is 0.539. The third-order valence-corrected chi connectivity index (χ3v) is 1.91. The Morgan fingerprint density at radius 2 is 2.64 bits per heavy atom. The number of nitrogen functional groups attached to an aromatic ring is 1. The molecule has 0 aromatic carbocycles. The van der Waals surface area contributed by atoms with Gasteiger partial charge in [-0.15, -0.1) is 0 Å². The maximum absolute atomic E-state index is 5.59. The Balaban J connectivity index is 2.21. The largest absolute Gasteiger partial charge is 0.369 e. The lowest BCUT2D eigenvalue weighted by molar-refractivity contribution is 0.0583. The average Bonchev–Trinajstić information content (AvgIpc) is 2.55. The Labute approximate surface area is 65.0 Å². The zero-order chi connectivity index (χ0) is 7.68. The first-order valence-corrected chi connectivity index (χ1v) is 3.78. The van der Waals surface area contributed by atoms with E-state index < -0.39 is 0 Å². The molecule has 4 heteroatoms. The zero-order valence-corrected chi connectivity index (χ0v) is 6.23. The summed E-state index contributed by atoms with van der Waals surface area (Å²) in [4.78, 5) is 3.92. The zero-order valence-electron chi connectivity index (χ0n) is 6.23. The molecule has 1 aliphatic heterocycles. The monoisotopic (exact) mass is 153 g/mol. The van der Waals surface area contributed by atoms with Crippen molar-refractivity contribution >= 4 is 5.95 Å². The number of anilines is 1. The van der Waals surface area contributed by atoms with Gasteiger partial charge in [0.15, 0.2) is 0 Å². The van der Waals surface area contributed by atoms with Crippen LogP contribution >= 0.6 is 0 Å². The summed E-state index contributed by atoms with van der Waals surface area (Å²) in [7, 11) is 0. The topological polar surface area (TPSA) is 53.1 Å². The lowest BCUT2D eigenvalue weighted by Gasteiger charge is -2.11. The third-order valence-electron chi connectivity index (χ3n) is 1.91. The molecule has 0 amide bonds. The van der Waals surface area contributed by atoms with Crippen LogP contribution in [0.4, 0.5) is 5.95 Å². The Morgan fingerprint density at radius 1 is 1.73 bits per heavy atom. The van der Waals surface area contributed by atoms with Gasteiger partial charge in [0.25, 0.3) is 0 Å². The molecule has 0 spiro atoms. The van der Waals surface area contributed by atoms with Gasteiger partial charge < -0.3 is 10.5 Å². The van der Waals surface area contributed by atoms with Crippen LogP contribution in [0.25, 0.3) is 0 Å². The molecule has 0 bridgehead atoms. The van der Waals surface area contributed by atoms with Crippen LogP contribution in [-0.2, 0) is 4.74 Å². The number of ether oxygens (including phenoxy) is 1. The van der Waals surface area contributed by atoms with Crippen LogP contribution < -0.4 is 5.73 Å². The second kappa shape index (κ2) is 2.54. The molecule has 1 aromatic rings. The van der Waals surface area contributed by atoms with Gasteiger partial charge in [0.05, 0.1) is 0 Å². The Kier molecular flexibility index (Phi) is 1.54. The summed E-state index contributed by atoms with van der Waals surface area (Å²) in [6.45, 7) is 0.836. The van der Waals surface area contributed by atoms with E-state index in [4.69, 9.17) is 10.5 Å². The van der Waals surface area contributed by atoms with Gasteiger partial charge in [-0.3, -0.25) is 4.57 Å². The minimum Gasteiger partial charge on any atom is -0.369 e. The molecule has 1 atom stereocenters. The predicted molar refractivity (Wildman–Crippen MR) is 40.9 cm³/mol. The second-order valence-electron chi connectivity index (χ2n) is 2.66. The smallest absolute Gasteiger partial charge is 0.202 e. The third kappa shape index (κ3) is 1.09. The molecule has 1 aliphatic rings. The van der Waals surface area contributed by atoms with Gasteiger partial charge in [-0.2, -0.15) is 0 Å². The first-order valence-electron chi connectivity index (χ1n) is 3.78. The molecule has 1 saturated heterocycles. The molecule has 11 heavy (non-hydrogen) atoms. The lowest BCUT2D eigenvalue weighted by atomic mass is 10.3. The van der Waals surface area contributed by atoms with E-state index >= 15 is 0 Å². The minimum atomic E-state index is 0.123. The molecule has 0 radical (unpaired) electrons. The highest BCUT2D eigenvalue weighted by atomic mass is 16.5. The van der Waals surface area contributed by atoms with Crippen LogP contribution in [0.3, 0.4) is 0 Å². The van der Waals surface area contributed by atoms with Crippen LogP contribution in [-0.4, -0.2) is 16.2 Å².